The third kappa shape index (κ3) is 2.12. The van der Waals surface area contributed by atoms with E-state index in [1.54, 1.807) is 0 Å². The zero-order chi connectivity index (χ0) is 14.1. The minimum Gasteiger partial charge on any atom is -0.347 e. The van der Waals surface area contributed by atoms with Crippen molar-refractivity contribution in [3.05, 3.63) is 35.5 Å². The molecule has 3 rings (SSSR count). The number of Topliss-reactive ketones (excluding diaryl/α,β-unsaturated/α-hetero) is 1. The number of rotatable bonds is 2. The van der Waals surface area contributed by atoms with Gasteiger partial charge in [0.05, 0.1) is 11.6 Å². The lowest BCUT2D eigenvalue weighted by Crippen LogP contribution is -2.12. The number of hydrogen-bond acceptors (Lipinski definition) is 2. The van der Waals surface area contributed by atoms with Gasteiger partial charge in [0, 0.05) is 36.5 Å². The smallest absolute Gasteiger partial charge is 0.132 e. The molecule has 20 heavy (non-hydrogen) atoms. The first-order valence-corrected chi connectivity index (χ1v) is 7.27. The lowest BCUT2D eigenvalue weighted by molar-refractivity contribution is -0.120. The maximum absolute atomic E-state index is 11.4. The van der Waals surface area contributed by atoms with Crippen molar-refractivity contribution in [2.45, 2.75) is 45.1 Å². The molecule has 1 aliphatic carbocycles. The van der Waals surface area contributed by atoms with Gasteiger partial charge in [-0.15, -0.1) is 0 Å². The van der Waals surface area contributed by atoms with E-state index in [1.165, 1.54) is 16.5 Å². The van der Waals surface area contributed by atoms with E-state index >= 15 is 0 Å². The minimum atomic E-state index is 0.387. The molecule has 1 fully saturated rings. The van der Waals surface area contributed by atoms with Crippen LogP contribution in [-0.4, -0.2) is 10.4 Å². The van der Waals surface area contributed by atoms with Gasteiger partial charge in [-0.3, -0.25) is 4.79 Å². The Balaban J connectivity index is 2.09. The van der Waals surface area contributed by atoms with Crippen molar-refractivity contribution in [2.75, 3.05) is 0 Å². The van der Waals surface area contributed by atoms with Crippen LogP contribution < -0.4 is 0 Å². The number of fused-ring (bicyclic) bond motifs is 1. The summed E-state index contributed by atoms with van der Waals surface area (Å²) in [5, 5.41) is 10.3. The number of carbonyl (C=O) groups is 1. The number of nitriles is 1. The Hall–Kier alpha value is -2.08. The SMILES string of the molecule is CCn1cc(C2CCC(=O)CC2)c2cc(C#N)ccc21. The van der Waals surface area contributed by atoms with Gasteiger partial charge in [-0.2, -0.15) is 5.26 Å². The van der Waals surface area contributed by atoms with Crippen molar-refractivity contribution >= 4 is 16.7 Å². The van der Waals surface area contributed by atoms with Crippen molar-refractivity contribution in [3.8, 4) is 6.07 Å². The molecular weight excluding hydrogens is 248 g/mol. The van der Waals surface area contributed by atoms with Crippen LogP contribution in [0.3, 0.4) is 0 Å². The van der Waals surface area contributed by atoms with Gasteiger partial charge >= 0.3 is 0 Å². The summed E-state index contributed by atoms with van der Waals surface area (Å²) in [5.74, 6) is 0.843. The zero-order valence-corrected chi connectivity index (χ0v) is 11.7. The van der Waals surface area contributed by atoms with Crippen LogP contribution in [0.15, 0.2) is 24.4 Å². The summed E-state index contributed by atoms with van der Waals surface area (Å²) < 4.78 is 2.24. The van der Waals surface area contributed by atoms with E-state index in [9.17, 15) is 4.79 Å². The first-order valence-electron chi connectivity index (χ1n) is 7.27. The Morgan fingerprint density at radius 1 is 1.35 bits per heavy atom. The van der Waals surface area contributed by atoms with Crippen LogP contribution in [0.2, 0.25) is 0 Å². The van der Waals surface area contributed by atoms with E-state index in [2.05, 4.69) is 23.8 Å². The second-order valence-electron chi connectivity index (χ2n) is 5.53. The predicted molar refractivity (Wildman–Crippen MR) is 78.5 cm³/mol. The highest BCUT2D eigenvalue weighted by Gasteiger charge is 2.23. The molecule has 1 saturated carbocycles. The topological polar surface area (TPSA) is 45.8 Å². The molecule has 0 radical (unpaired) electrons. The third-order valence-corrected chi connectivity index (χ3v) is 4.36. The summed E-state index contributed by atoms with van der Waals surface area (Å²) in [6, 6.07) is 8.13. The highest BCUT2D eigenvalue weighted by molar-refractivity contribution is 5.86. The van der Waals surface area contributed by atoms with Crippen molar-refractivity contribution in [2.24, 2.45) is 0 Å². The number of hydrogen-bond donors (Lipinski definition) is 0. The molecule has 0 unspecified atom stereocenters. The van der Waals surface area contributed by atoms with Crippen LogP contribution in [0.25, 0.3) is 10.9 Å². The molecular formula is C17H18N2O. The number of ketones is 1. The van der Waals surface area contributed by atoms with Crippen molar-refractivity contribution < 1.29 is 4.79 Å². The molecule has 3 heteroatoms. The quantitative estimate of drug-likeness (QED) is 0.830. The first-order chi connectivity index (χ1) is 9.72. The van der Waals surface area contributed by atoms with E-state index < -0.39 is 0 Å². The summed E-state index contributed by atoms with van der Waals surface area (Å²) in [4.78, 5) is 11.4. The molecule has 2 aromatic rings. The molecule has 1 aliphatic rings. The van der Waals surface area contributed by atoms with Crippen LogP contribution in [0.1, 0.15) is 49.7 Å². The Labute approximate surface area is 118 Å². The predicted octanol–water partition coefficient (Wildman–Crippen LogP) is 3.76. The molecule has 0 spiro atoms. The molecule has 1 aromatic carbocycles. The maximum Gasteiger partial charge on any atom is 0.132 e. The van der Waals surface area contributed by atoms with E-state index in [0.717, 1.165) is 19.4 Å². The fraction of sp³-hybridized carbons (Fsp3) is 0.412. The lowest BCUT2D eigenvalue weighted by atomic mass is 9.83. The molecule has 1 heterocycles. The fourth-order valence-corrected chi connectivity index (χ4v) is 3.23. The molecule has 0 bridgehead atoms. The normalized spacial score (nSPS) is 16.5. The lowest BCUT2D eigenvalue weighted by Gasteiger charge is -2.20. The van der Waals surface area contributed by atoms with Gasteiger partial charge in [-0.25, -0.2) is 0 Å². The Morgan fingerprint density at radius 3 is 2.75 bits per heavy atom. The number of aromatic nitrogens is 1. The molecule has 0 atom stereocenters. The number of nitrogens with zero attached hydrogens (tertiary/aromatic N) is 2. The van der Waals surface area contributed by atoms with Crippen molar-refractivity contribution in [1.29, 1.82) is 5.26 Å². The van der Waals surface area contributed by atoms with Crippen LogP contribution in [0.5, 0.6) is 0 Å². The highest BCUT2D eigenvalue weighted by Crippen LogP contribution is 2.36. The van der Waals surface area contributed by atoms with E-state index in [0.29, 0.717) is 30.1 Å². The molecule has 0 aliphatic heterocycles. The highest BCUT2D eigenvalue weighted by atomic mass is 16.1. The van der Waals surface area contributed by atoms with Crippen LogP contribution in [-0.2, 0) is 11.3 Å². The van der Waals surface area contributed by atoms with Crippen molar-refractivity contribution in [1.82, 2.24) is 4.57 Å². The van der Waals surface area contributed by atoms with Crippen LogP contribution >= 0.6 is 0 Å². The zero-order valence-electron chi connectivity index (χ0n) is 11.7. The van der Waals surface area contributed by atoms with Gasteiger partial charge in [0.25, 0.3) is 0 Å². The Kier molecular flexibility index (Phi) is 3.31. The summed E-state index contributed by atoms with van der Waals surface area (Å²) in [7, 11) is 0. The van der Waals surface area contributed by atoms with E-state index in [4.69, 9.17) is 5.26 Å². The molecule has 0 saturated heterocycles. The maximum atomic E-state index is 11.4. The van der Waals surface area contributed by atoms with Gasteiger partial charge < -0.3 is 4.57 Å². The summed E-state index contributed by atoms with van der Waals surface area (Å²) in [5.41, 5.74) is 3.21. The number of benzene rings is 1. The molecule has 0 amide bonds. The first kappa shape index (κ1) is 12.9. The average Bonchev–Trinajstić information content (AvgIpc) is 2.86. The minimum absolute atomic E-state index is 0.387. The largest absolute Gasteiger partial charge is 0.347 e. The van der Waals surface area contributed by atoms with Crippen LogP contribution in [0.4, 0.5) is 0 Å². The summed E-state index contributed by atoms with van der Waals surface area (Å²) in [6.45, 7) is 3.06. The summed E-state index contributed by atoms with van der Waals surface area (Å²) in [6.07, 6.45) is 5.49. The van der Waals surface area contributed by atoms with Gasteiger partial charge in [0.2, 0.25) is 0 Å². The van der Waals surface area contributed by atoms with Gasteiger partial charge in [0.15, 0.2) is 0 Å². The molecule has 102 valence electrons. The van der Waals surface area contributed by atoms with Crippen LogP contribution in [0, 0.1) is 11.3 Å². The van der Waals surface area contributed by atoms with Gasteiger partial charge in [-0.1, -0.05) is 0 Å². The number of carbonyl (C=O) groups excluding carboxylic acids is 1. The summed E-state index contributed by atoms with van der Waals surface area (Å²) >= 11 is 0. The Bertz CT molecular complexity index is 696. The molecule has 0 N–H and O–H groups in total. The number of aryl methyl sites for hydroxylation is 1. The Morgan fingerprint density at radius 2 is 2.10 bits per heavy atom. The van der Waals surface area contributed by atoms with E-state index in [1.807, 2.05) is 18.2 Å². The fourth-order valence-electron chi connectivity index (χ4n) is 3.23. The van der Waals surface area contributed by atoms with Crippen molar-refractivity contribution in [3.63, 3.8) is 0 Å². The van der Waals surface area contributed by atoms with Gasteiger partial charge in [-0.05, 0) is 49.4 Å². The third-order valence-electron chi connectivity index (χ3n) is 4.36. The average molecular weight is 266 g/mol. The standard InChI is InChI=1S/C17H18N2O/c1-2-19-11-16(13-4-6-14(20)7-5-13)15-9-12(10-18)3-8-17(15)19/h3,8-9,11,13H,2,4-7H2,1H3. The monoisotopic (exact) mass is 266 g/mol. The second kappa shape index (κ2) is 5.13. The molecule has 1 aromatic heterocycles. The second-order valence-corrected chi connectivity index (χ2v) is 5.53. The van der Waals surface area contributed by atoms with E-state index in [-0.39, 0.29) is 0 Å². The van der Waals surface area contributed by atoms with Gasteiger partial charge in [0.1, 0.15) is 5.78 Å². The molecule has 3 nitrogen and oxygen atoms in total.